The van der Waals surface area contributed by atoms with E-state index in [1.807, 2.05) is 36.4 Å². The van der Waals surface area contributed by atoms with Gasteiger partial charge in [0.05, 0.1) is 0 Å². The largest absolute Gasteiger partial charge is 0.354 e. The molecule has 2 aromatic heterocycles. The van der Waals surface area contributed by atoms with Gasteiger partial charge in [0.25, 0.3) is 5.91 Å². The predicted molar refractivity (Wildman–Crippen MR) is 157 cm³/mol. The zero-order chi connectivity index (χ0) is 26.9. The Morgan fingerprint density at radius 1 is 0.897 bits per heavy atom. The molecule has 0 atom stereocenters. The third kappa shape index (κ3) is 7.65. The number of hydrogen-bond acceptors (Lipinski definition) is 7. The lowest BCUT2D eigenvalue weighted by molar-refractivity contribution is 0.0951. The maximum Gasteiger partial charge on any atom is 0.251 e. The van der Waals surface area contributed by atoms with Crippen molar-refractivity contribution in [3.63, 3.8) is 0 Å². The van der Waals surface area contributed by atoms with E-state index in [4.69, 9.17) is 9.97 Å². The molecule has 1 amide bonds. The van der Waals surface area contributed by atoms with Gasteiger partial charge in [-0.3, -0.25) is 14.7 Å². The maximum atomic E-state index is 12.5. The van der Waals surface area contributed by atoms with Gasteiger partial charge in [-0.2, -0.15) is 0 Å². The highest BCUT2D eigenvalue weighted by molar-refractivity contribution is 7.98. The highest BCUT2D eigenvalue weighted by Crippen LogP contribution is 2.24. The lowest BCUT2D eigenvalue weighted by atomic mass is 10.1. The van der Waals surface area contributed by atoms with Crippen LogP contribution in [0.2, 0.25) is 0 Å². The number of piperazine rings is 1. The molecule has 5 rings (SSSR count). The predicted octanol–water partition coefficient (Wildman–Crippen LogP) is 4.98. The van der Waals surface area contributed by atoms with Gasteiger partial charge < -0.3 is 10.2 Å². The second-order valence-electron chi connectivity index (χ2n) is 9.63. The number of thioether (sulfide) groups is 1. The van der Waals surface area contributed by atoms with Crippen LogP contribution in [0.5, 0.6) is 0 Å². The van der Waals surface area contributed by atoms with Gasteiger partial charge in [0, 0.05) is 74.7 Å². The molecule has 4 aromatic rings. The normalized spacial score (nSPS) is 13.8. The summed E-state index contributed by atoms with van der Waals surface area (Å²) >= 11 is 1.64. The van der Waals surface area contributed by atoms with Gasteiger partial charge in [0.2, 0.25) is 0 Å². The summed E-state index contributed by atoms with van der Waals surface area (Å²) in [6, 6.07) is 24.4. The van der Waals surface area contributed by atoms with Gasteiger partial charge in [-0.1, -0.05) is 67.2 Å². The molecular weight excluding hydrogens is 504 g/mol. The van der Waals surface area contributed by atoms with E-state index in [2.05, 4.69) is 63.4 Å². The molecule has 0 aliphatic carbocycles. The van der Waals surface area contributed by atoms with Crippen molar-refractivity contribution in [2.24, 2.45) is 0 Å². The van der Waals surface area contributed by atoms with Crippen molar-refractivity contribution in [2.45, 2.75) is 37.3 Å². The van der Waals surface area contributed by atoms with Crippen molar-refractivity contribution < 1.29 is 4.79 Å². The number of hydrogen-bond donors (Lipinski definition) is 1. The van der Waals surface area contributed by atoms with Crippen LogP contribution in [-0.2, 0) is 25.3 Å². The number of carbonyl (C=O) groups is 1. The molecule has 0 saturated carbocycles. The average molecular weight is 539 g/mol. The zero-order valence-corrected chi connectivity index (χ0v) is 23.1. The fourth-order valence-electron chi connectivity index (χ4n) is 4.53. The van der Waals surface area contributed by atoms with E-state index < -0.39 is 0 Å². The van der Waals surface area contributed by atoms with Crippen molar-refractivity contribution in [2.75, 3.05) is 31.1 Å². The van der Waals surface area contributed by atoms with Gasteiger partial charge >= 0.3 is 0 Å². The van der Waals surface area contributed by atoms with Crippen molar-refractivity contribution >= 4 is 23.5 Å². The first-order valence-corrected chi connectivity index (χ1v) is 14.4. The first kappa shape index (κ1) is 26.8. The summed E-state index contributed by atoms with van der Waals surface area (Å²) in [7, 11) is 0. The number of nitrogens with zero attached hydrogens (tertiary/aromatic N) is 5. The monoisotopic (exact) mass is 538 g/mol. The highest BCUT2D eigenvalue weighted by atomic mass is 32.2. The van der Waals surface area contributed by atoms with Crippen LogP contribution in [0.15, 0.2) is 90.3 Å². The molecular formula is C31H34N6OS. The van der Waals surface area contributed by atoms with Crippen LogP contribution in [0.1, 0.15) is 39.7 Å². The molecule has 1 fully saturated rings. The minimum atomic E-state index is -0.0921. The fourth-order valence-corrected chi connectivity index (χ4v) is 5.36. The molecule has 1 N–H and O–H groups in total. The van der Waals surface area contributed by atoms with Gasteiger partial charge in [0.1, 0.15) is 5.82 Å². The van der Waals surface area contributed by atoms with E-state index in [1.165, 1.54) is 5.56 Å². The summed E-state index contributed by atoms with van der Waals surface area (Å²) in [6.45, 7) is 7.54. The van der Waals surface area contributed by atoms with Crippen LogP contribution in [0.4, 0.5) is 5.82 Å². The standard InChI is InChI=1S/C31H34N6OS/c1-2-28-19-29(37-17-15-36(16-18-37)22-24-7-4-3-5-8-24)35-31(34-28)39-23-25-10-12-27(13-11-25)30(38)33-21-26-9-6-14-32-20-26/h3-14,19-20H,2,15-18,21-23H2,1H3,(H,33,38). The number of benzene rings is 2. The lowest BCUT2D eigenvalue weighted by Gasteiger charge is -2.35. The smallest absolute Gasteiger partial charge is 0.251 e. The molecule has 8 heteroatoms. The Labute approximate surface area is 234 Å². The van der Waals surface area contributed by atoms with Crippen LogP contribution < -0.4 is 10.2 Å². The Kier molecular flexibility index (Phi) is 9.19. The number of aromatic nitrogens is 3. The summed E-state index contributed by atoms with van der Waals surface area (Å²) in [4.78, 5) is 31.2. The number of pyridine rings is 1. The minimum Gasteiger partial charge on any atom is -0.354 e. The second kappa shape index (κ2) is 13.4. The molecule has 1 saturated heterocycles. The molecule has 1 aliphatic rings. The minimum absolute atomic E-state index is 0.0921. The second-order valence-corrected chi connectivity index (χ2v) is 10.6. The Morgan fingerprint density at radius 2 is 1.67 bits per heavy atom. The van der Waals surface area contributed by atoms with E-state index in [9.17, 15) is 4.79 Å². The highest BCUT2D eigenvalue weighted by Gasteiger charge is 2.19. The number of aryl methyl sites for hydroxylation is 1. The van der Waals surface area contributed by atoms with Crippen LogP contribution in [0, 0.1) is 0 Å². The van der Waals surface area contributed by atoms with Crippen LogP contribution in [0.3, 0.4) is 0 Å². The quantitative estimate of drug-likeness (QED) is 0.226. The van der Waals surface area contributed by atoms with Gasteiger partial charge in [-0.05, 0) is 41.3 Å². The van der Waals surface area contributed by atoms with E-state index in [0.29, 0.717) is 12.1 Å². The number of nitrogens with one attached hydrogen (secondary N) is 1. The SMILES string of the molecule is CCc1cc(N2CCN(Cc3ccccc3)CC2)nc(SCc2ccc(C(=O)NCc3cccnc3)cc2)n1. The van der Waals surface area contributed by atoms with E-state index in [0.717, 1.165) is 72.7 Å². The number of carbonyl (C=O) groups excluding carboxylic acids is 1. The van der Waals surface area contributed by atoms with E-state index in [-0.39, 0.29) is 5.91 Å². The third-order valence-corrected chi connectivity index (χ3v) is 7.73. The van der Waals surface area contributed by atoms with Crippen molar-refractivity contribution in [3.8, 4) is 0 Å². The average Bonchev–Trinajstić information content (AvgIpc) is 3.00. The van der Waals surface area contributed by atoms with Crippen LogP contribution in [0.25, 0.3) is 0 Å². The van der Waals surface area contributed by atoms with Gasteiger partial charge in [0.15, 0.2) is 5.16 Å². The molecule has 39 heavy (non-hydrogen) atoms. The molecule has 0 unspecified atom stereocenters. The number of anilines is 1. The summed E-state index contributed by atoms with van der Waals surface area (Å²) in [5, 5.41) is 3.75. The Hall–Kier alpha value is -3.75. The molecule has 0 bridgehead atoms. The lowest BCUT2D eigenvalue weighted by Crippen LogP contribution is -2.46. The van der Waals surface area contributed by atoms with Crippen LogP contribution >= 0.6 is 11.8 Å². The summed E-state index contributed by atoms with van der Waals surface area (Å²) in [6.07, 6.45) is 4.36. The topological polar surface area (TPSA) is 74.2 Å². The van der Waals surface area contributed by atoms with Crippen molar-refractivity contribution in [3.05, 3.63) is 113 Å². The molecule has 7 nitrogen and oxygen atoms in total. The molecule has 2 aromatic carbocycles. The van der Waals surface area contributed by atoms with Gasteiger partial charge in [-0.15, -0.1) is 0 Å². The third-order valence-electron chi connectivity index (χ3n) is 6.81. The fraction of sp³-hybridized carbons (Fsp3) is 0.290. The number of amides is 1. The van der Waals surface area contributed by atoms with E-state index >= 15 is 0 Å². The first-order chi connectivity index (χ1) is 19.2. The maximum absolute atomic E-state index is 12.5. The van der Waals surface area contributed by atoms with Crippen LogP contribution in [-0.4, -0.2) is 51.9 Å². The van der Waals surface area contributed by atoms with Crippen molar-refractivity contribution in [1.82, 2.24) is 25.2 Å². The number of rotatable bonds is 10. The molecule has 1 aliphatic heterocycles. The first-order valence-electron chi connectivity index (χ1n) is 13.4. The molecule has 0 radical (unpaired) electrons. The van der Waals surface area contributed by atoms with Crippen molar-refractivity contribution in [1.29, 1.82) is 0 Å². The van der Waals surface area contributed by atoms with Gasteiger partial charge in [-0.25, -0.2) is 9.97 Å². The Balaban J connectivity index is 1.15. The summed E-state index contributed by atoms with van der Waals surface area (Å²) < 4.78 is 0. The summed E-state index contributed by atoms with van der Waals surface area (Å²) in [5.74, 6) is 1.67. The summed E-state index contributed by atoms with van der Waals surface area (Å²) in [5.41, 5.74) is 5.17. The molecule has 0 spiro atoms. The Bertz CT molecular complexity index is 1340. The van der Waals surface area contributed by atoms with E-state index in [1.54, 1.807) is 24.2 Å². The Morgan fingerprint density at radius 3 is 2.38 bits per heavy atom. The molecule has 200 valence electrons. The molecule has 3 heterocycles. The zero-order valence-electron chi connectivity index (χ0n) is 22.3.